The first-order valence-electron chi connectivity index (χ1n) is 7.39. The summed E-state index contributed by atoms with van der Waals surface area (Å²) in [6.07, 6.45) is -8.73. The molecule has 0 spiro atoms. The molecule has 0 saturated carbocycles. The first kappa shape index (κ1) is 17.8. The van der Waals surface area contributed by atoms with Crippen LogP contribution in [0.15, 0.2) is 33.5 Å². The minimum absolute atomic E-state index is 0.0436. The number of aliphatic hydroxyl groups excluding tert-OH is 3. The minimum Gasteiger partial charge on any atom is -0.479 e. The van der Waals surface area contributed by atoms with E-state index >= 15 is 0 Å². The molecule has 2 heterocycles. The highest BCUT2D eigenvalue weighted by Gasteiger charge is 2.48. The number of aliphatic hydroxyl groups is 3. The van der Waals surface area contributed by atoms with Crippen molar-refractivity contribution in [1.82, 2.24) is 0 Å². The van der Waals surface area contributed by atoms with Crippen molar-refractivity contribution < 1.29 is 39.1 Å². The first-order valence-corrected chi connectivity index (χ1v) is 7.39. The Kier molecular flexibility index (Phi) is 4.62. The van der Waals surface area contributed by atoms with Crippen LogP contribution in [0.25, 0.3) is 11.0 Å². The summed E-state index contributed by atoms with van der Waals surface area (Å²) in [5.74, 6) is -1.49. The van der Waals surface area contributed by atoms with E-state index in [0.717, 1.165) is 0 Å². The van der Waals surface area contributed by atoms with E-state index in [-0.39, 0.29) is 16.9 Å². The number of carbonyl (C=O) groups is 1. The lowest BCUT2D eigenvalue weighted by Gasteiger charge is -2.38. The Bertz CT molecular complexity index is 947. The number of ether oxygens (including phenoxy) is 2. The lowest BCUT2D eigenvalue weighted by Crippen LogP contribution is -2.61. The fourth-order valence-corrected chi connectivity index (χ4v) is 2.53. The van der Waals surface area contributed by atoms with Crippen LogP contribution in [-0.4, -0.2) is 57.1 Å². The third-order valence-electron chi connectivity index (χ3n) is 3.89. The molecule has 1 saturated heterocycles. The molecule has 1 aromatic heterocycles. The summed E-state index contributed by atoms with van der Waals surface area (Å²) in [5, 5.41) is 47.6. The maximum absolute atomic E-state index is 11.6. The standard InChI is InChI=1S/C16H13NO9/c17-5-7-3-6-1-2-8(4-9(6)25-15(7)23)24-16-12(20)10(18)11(19)13(26-16)14(21)22/h1-4,10-13,16,18-20H,(H,21,22)/t10-,11-,12+,13-,16?/m0/s1. The molecule has 0 aliphatic carbocycles. The summed E-state index contributed by atoms with van der Waals surface area (Å²) in [6, 6.07) is 7.20. The number of fused-ring (bicyclic) bond motifs is 1. The number of aliphatic carboxylic acids is 1. The molecule has 10 nitrogen and oxygen atoms in total. The van der Waals surface area contributed by atoms with Gasteiger partial charge in [0.1, 0.15) is 41.3 Å². The lowest BCUT2D eigenvalue weighted by atomic mass is 9.99. The predicted molar refractivity (Wildman–Crippen MR) is 82.1 cm³/mol. The first-order chi connectivity index (χ1) is 12.3. The van der Waals surface area contributed by atoms with E-state index in [0.29, 0.717) is 5.39 Å². The van der Waals surface area contributed by atoms with Crippen LogP contribution in [0.3, 0.4) is 0 Å². The average molecular weight is 363 g/mol. The summed E-state index contributed by atoms with van der Waals surface area (Å²) < 4.78 is 15.3. The zero-order valence-corrected chi connectivity index (χ0v) is 13.0. The third-order valence-corrected chi connectivity index (χ3v) is 3.89. The van der Waals surface area contributed by atoms with Crippen molar-refractivity contribution in [2.24, 2.45) is 0 Å². The van der Waals surface area contributed by atoms with E-state index in [9.17, 15) is 24.9 Å². The van der Waals surface area contributed by atoms with Crippen molar-refractivity contribution in [3.8, 4) is 11.8 Å². The van der Waals surface area contributed by atoms with Crippen LogP contribution in [0.4, 0.5) is 0 Å². The topological polar surface area (TPSA) is 170 Å². The lowest BCUT2D eigenvalue weighted by molar-refractivity contribution is -0.271. The van der Waals surface area contributed by atoms with Crippen molar-refractivity contribution in [2.75, 3.05) is 0 Å². The largest absolute Gasteiger partial charge is 0.479 e. The minimum atomic E-state index is -1.83. The van der Waals surface area contributed by atoms with Crippen LogP contribution in [0.1, 0.15) is 5.56 Å². The van der Waals surface area contributed by atoms with Gasteiger partial charge in [0, 0.05) is 11.5 Å². The Labute approximate surface area is 145 Å². The molecule has 136 valence electrons. The molecule has 0 radical (unpaired) electrons. The zero-order chi connectivity index (χ0) is 19.0. The van der Waals surface area contributed by atoms with Gasteiger partial charge in [-0.15, -0.1) is 0 Å². The second kappa shape index (κ2) is 6.74. The molecule has 1 aliphatic heterocycles. The van der Waals surface area contributed by atoms with Gasteiger partial charge in [-0.05, 0) is 18.2 Å². The summed E-state index contributed by atoms with van der Waals surface area (Å²) in [7, 11) is 0. The summed E-state index contributed by atoms with van der Waals surface area (Å²) in [4.78, 5) is 22.7. The van der Waals surface area contributed by atoms with Gasteiger partial charge in [-0.3, -0.25) is 0 Å². The molecule has 4 N–H and O–H groups in total. The second-order valence-corrected chi connectivity index (χ2v) is 5.61. The van der Waals surface area contributed by atoms with Crippen LogP contribution < -0.4 is 10.4 Å². The molecule has 0 bridgehead atoms. The fourth-order valence-electron chi connectivity index (χ4n) is 2.53. The van der Waals surface area contributed by atoms with Crippen molar-refractivity contribution >= 4 is 16.9 Å². The van der Waals surface area contributed by atoms with Crippen molar-refractivity contribution in [3.63, 3.8) is 0 Å². The number of nitrogens with zero attached hydrogens (tertiary/aromatic N) is 1. The van der Waals surface area contributed by atoms with Gasteiger partial charge in [0.15, 0.2) is 6.10 Å². The average Bonchev–Trinajstić information content (AvgIpc) is 2.61. The molecule has 1 aliphatic rings. The molecule has 26 heavy (non-hydrogen) atoms. The fraction of sp³-hybridized carbons (Fsp3) is 0.312. The van der Waals surface area contributed by atoms with E-state index in [1.54, 1.807) is 6.07 Å². The molecular formula is C16H13NO9. The third kappa shape index (κ3) is 3.12. The van der Waals surface area contributed by atoms with Crippen LogP contribution in [-0.2, 0) is 9.53 Å². The Morgan fingerprint density at radius 1 is 1.15 bits per heavy atom. The van der Waals surface area contributed by atoms with Gasteiger partial charge in [-0.2, -0.15) is 5.26 Å². The van der Waals surface area contributed by atoms with Gasteiger partial charge in [0.05, 0.1) is 0 Å². The molecule has 1 unspecified atom stereocenters. The van der Waals surface area contributed by atoms with Gasteiger partial charge in [0.2, 0.25) is 6.29 Å². The highest BCUT2D eigenvalue weighted by atomic mass is 16.7. The van der Waals surface area contributed by atoms with E-state index < -0.39 is 42.3 Å². The Hall–Kier alpha value is -2.97. The van der Waals surface area contributed by atoms with E-state index in [1.807, 2.05) is 0 Å². The van der Waals surface area contributed by atoms with Crippen molar-refractivity contribution in [2.45, 2.75) is 30.7 Å². The second-order valence-electron chi connectivity index (χ2n) is 5.61. The number of hydrogen-bond donors (Lipinski definition) is 4. The SMILES string of the molecule is N#Cc1cc2ccc(OC3O[C@H](C(=O)O)[C@@H](O)[C@H](O)[C@H]3O)cc2oc1=O. The highest BCUT2D eigenvalue weighted by Crippen LogP contribution is 2.26. The summed E-state index contributed by atoms with van der Waals surface area (Å²) in [6.45, 7) is 0. The van der Waals surface area contributed by atoms with Crippen LogP contribution >= 0.6 is 0 Å². The Balaban J connectivity index is 1.89. The van der Waals surface area contributed by atoms with Crippen molar-refractivity contribution in [3.05, 3.63) is 40.2 Å². The van der Waals surface area contributed by atoms with Crippen LogP contribution in [0, 0.1) is 11.3 Å². The Morgan fingerprint density at radius 3 is 2.54 bits per heavy atom. The molecule has 10 heteroatoms. The van der Waals surface area contributed by atoms with Crippen LogP contribution in [0.2, 0.25) is 0 Å². The molecule has 3 rings (SSSR count). The van der Waals surface area contributed by atoms with Crippen molar-refractivity contribution in [1.29, 1.82) is 5.26 Å². The summed E-state index contributed by atoms with van der Waals surface area (Å²) >= 11 is 0. The zero-order valence-electron chi connectivity index (χ0n) is 13.0. The van der Waals surface area contributed by atoms with Crippen LogP contribution in [0.5, 0.6) is 5.75 Å². The smallest absolute Gasteiger partial charge is 0.354 e. The molecule has 5 atom stereocenters. The molecule has 1 fully saturated rings. The van der Waals surface area contributed by atoms with Gasteiger partial charge in [-0.25, -0.2) is 9.59 Å². The number of carboxylic acid groups (broad SMARTS) is 1. The van der Waals surface area contributed by atoms with Gasteiger partial charge >= 0.3 is 11.6 Å². The number of benzene rings is 1. The number of nitriles is 1. The van der Waals surface area contributed by atoms with E-state index in [4.69, 9.17) is 24.3 Å². The molecule has 0 amide bonds. The van der Waals surface area contributed by atoms with Gasteiger partial charge in [0.25, 0.3) is 0 Å². The Morgan fingerprint density at radius 2 is 1.88 bits per heavy atom. The normalized spacial score (nSPS) is 28.5. The molecule has 2 aromatic rings. The molecular weight excluding hydrogens is 350 g/mol. The monoisotopic (exact) mass is 363 g/mol. The van der Waals surface area contributed by atoms with E-state index in [1.165, 1.54) is 24.3 Å². The maximum atomic E-state index is 11.6. The maximum Gasteiger partial charge on any atom is 0.354 e. The van der Waals surface area contributed by atoms with E-state index in [2.05, 4.69) is 0 Å². The highest BCUT2D eigenvalue weighted by molar-refractivity contribution is 5.79. The van der Waals surface area contributed by atoms with Gasteiger partial charge in [-0.1, -0.05) is 0 Å². The predicted octanol–water partition coefficient (Wildman–Crippen LogP) is -1.06. The van der Waals surface area contributed by atoms with Gasteiger partial charge < -0.3 is 34.3 Å². The molecule has 1 aromatic carbocycles. The summed E-state index contributed by atoms with van der Waals surface area (Å²) in [5.41, 5.74) is -0.915. The quantitative estimate of drug-likeness (QED) is 0.492. The number of carboxylic acids is 1. The number of rotatable bonds is 3. The number of hydrogen-bond acceptors (Lipinski definition) is 9.